The molecule has 33 heavy (non-hydrogen) atoms. The number of hydrogen-bond acceptors (Lipinski definition) is 5. The van der Waals surface area contributed by atoms with E-state index in [9.17, 15) is 14.7 Å². The van der Waals surface area contributed by atoms with Gasteiger partial charge >= 0.3 is 5.97 Å². The highest BCUT2D eigenvalue weighted by molar-refractivity contribution is 6.30. The lowest BCUT2D eigenvalue weighted by atomic mass is 10.0. The Balaban J connectivity index is 1.63. The van der Waals surface area contributed by atoms with Gasteiger partial charge in [-0.1, -0.05) is 41.9 Å². The maximum atomic E-state index is 13.0. The van der Waals surface area contributed by atoms with Crippen LogP contribution in [0.15, 0.2) is 71.3 Å². The summed E-state index contributed by atoms with van der Waals surface area (Å²) in [6.45, 7) is 2.81. The number of hydrogen-bond donors (Lipinski definition) is 2. The first-order chi connectivity index (χ1) is 15.7. The van der Waals surface area contributed by atoms with Gasteiger partial charge in [-0.15, -0.1) is 0 Å². The second-order valence-electron chi connectivity index (χ2n) is 7.96. The number of rotatable bonds is 7. The number of oxazole rings is 1. The first-order valence-electron chi connectivity index (χ1n) is 10.2. The third kappa shape index (κ3) is 4.83. The summed E-state index contributed by atoms with van der Waals surface area (Å²) in [5.41, 5.74) is -0.414. The van der Waals surface area contributed by atoms with Crippen LogP contribution in [0, 0.1) is 0 Å². The number of carbonyl (C=O) groups is 2. The second kappa shape index (κ2) is 8.96. The van der Waals surface area contributed by atoms with Gasteiger partial charge in [-0.05, 0) is 49.6 Å². The van der Waals surface area contributed by atoms with Crippen LogP contribution < -0.4 is 10.1 Å². The molecule has 1 aromatic heterocycles. The second-order valence-corrected chi connectivity index (χ2v) is 8.40. The molecule has 0 saturated carbocycles. The SMILES string of the molecule is CC(C)(NC(=O)c1ccc2ccccc2c1OCc1ncc(-c2ccc(Cl)cc2)o1)C(=O)O. The van der Waals surface area contributed by atoms with Crippen molar-refractivity contribution in [2.24, 2.45) is 0 Å². The van der Waals surface area contributed by atoms with Crippen LogP contribution in [0.25, 0.3) is 22.1 Å². The summed E-state index contributed by atoms with van der Waals surface area (Å²) in [5, 5.41) is 14.1. The van der Waals surface area contributed by atoms with Crippen molar-refractivity contribution in [3.8, 4) is 17.1 Å². The standard InChI is InChI=1S/C25H21ClN2O5/c1-25(2,24(30)31)28-23(29)19-12-9-15-5-3-4-6-18(15)22(19)32-14-21-27-13-20(33-21)16-7-10-17(26)11-8-16/h3-13H,14H2,1-2H3,(H,28,29)(H,30,31). The number of fused-ring (bicyclic) bond motifs is 1. The smallest absolute Gasteiger partial charge is 0.328 e. The lowest BCUT2D eigenvalue weighted by Gasteiger charge is -2.22. The maximum Gasteiger partial charge on any atom is 0.328 e. The topological polar surface area (TPSA) is 102 Å². The van der Waals surface area contributed by atoms with Gasteiger partial charge in [0.05, 0.1) is 11.8 Å². The highest BCUT2D eigenvalue weighted by Gasteiger charge is 2.30. The van der Waals surface area contributed by atoms with Crippen molar-refractivity contribution < 1.29 is 23.8 Å². The molecule has 0 aliphatic carbocycles. The number of amides is 1. The molecule has 0 aliphatic heterocycles. The third-order valence-corrected chi connectivity index (χ3v) is 5.36. The Morgan fingerprint density at radius 1 is 1.09 bits per heavy atom. The number of aromatic nitrogens is 1. The van der Waals surface area contributed by atoms with E-state index >= 15 is 0 Å². The summed E-state index contributed by atoms with van der Waals surface area (Å²) in [5.74, 6) is -0.501. The van der Waals surface area contributed by atoms with E-state index in [1.54, 1.807) is 30.5 Å². The molecule has 3 aromatic carbocycles. The number of halogens is 1. The molecule has 0 unspecified atom stereocenters. The normalized spacial score (nSPS) is 11.4. The van der Waals surface area contributed by atoms with Gasteiger partial charge in [-0.3, -0.25) is 4.79 Å². The molecule has 0 radical (unpaired) electrons. The van der Waals surface area contributed by atoms with Crippen molar-refractivity contribution in [2.45, 2.75) is 26.0 Å². The number of carboxylic acids is 1. The van der Waals surface area contributed by atoms with Gasteiger partial charge in [0.25, 0.3) is 5.91 Å². The van der Waals surface area contributed by atoms with Gasteiger partial charge in [0, 0.05) is 16.0 Å². The van der Waals surface area contributed by atoms with Crippen molar-refractivity contribution in [1.29, 1.82) is 0 Å². The average Bonchev–Trinajstić information content (AvgIpc) is 3.26. The van der Waals surface area contributed by atoms with Crippen LogP contribution in [-0.2, 0) is 11.4 Å². The largest absolute Gasteiger partial charge is 0.482 e. The van der Waals surface area contributed by atoms with E-state index in [4.69, 9.17) is 20.8 Å². The highest BCUT2D eigenvalue weighted by atomic mass is 35.5. The molecular weight excluding hydrogens is 444 g/mol. The van der Waals surface area contributed by atoms with E-state index in [0.717, 1.165) is 10.9 Å². The van der Waals surface area contributed by atoms with Gasteiger partial charge in [0.2, 0.25) is 5.89 Å². The minimum Gasteiger partial charge on any atom is -0.482 e. The Morgan fingerprint density at radius 3 is 2.55 bits per heavy atom. The molecule has 7 nitrogen and oxygen atoms in total. The molecule has 0 atom stereocenters. The predicted octanol–water partition coefficient (Wildman–Crippen LogP) is 5.32. The molecule has 1 heterocycles. The van der Waals surface area contributed by atoms with Crippen LogP contribution in [0.1, 0.15) is 30.1 Å². The number of benzene rings is 3. The van der Waals surface area contributed by atoms with Crippen molar-refractivity contribution in [3.63, 3.8) is 0 Å². The van der Waals surface area contributed by atoms with E-state index in [-0.39, 0.29) is 12.2 Å². The molecule has 0 spiro atoms. The molecule has 0 aliphatic rings. The summed E-state index contributed by atoms with van der Waals surface area (Å²) in [4.78, 5) is 28.7. The van der Waals surface area contributed by atoms with Crippen LogP contribution in [0.4, 0.5) is 0 Å². The van der Waals surface area contributed by atoms with E-state index in [1.165, 1.54) is 13.8 Å². The first-order valence-corrected chi connectivity index (χ1v) is 10.5. The minimum atomic E-state index is -1.45. The zero-order valence-electron chi connectivity index (χ0n) is 18.0. The molecule has 8 heteroatoms. The quantitative estimate of drug-likeness (QED) is 0.384. The average molecular weight is 465 g/mol. The van der Waals surface area contributed by atoms with E-state index < -0.39 is 17.4 Å². The summed E-state index contributed by atoms with van der Waals surface area (Å²) < 4.78 is 11.8. The molecule has 4 aromatic rings. The Bertz CT molecular complexity index is 1330. The van der Waals surface area contributed by atoms with Crippen LogP contribution in [-0.4, -0.2) is 27.5 Å². The first kappa shape index (κ1) is 22.4. The molecule has 2 N–H and O–H groups in total. The van der Waals surface area contributed by atoms with Crippen LogP contribution in [0.2, 0.25) is 5.02 Å². The van der Waals surface area contributed by atoms with Gasteiger partial charge in [0.1, 0.15) is 11.3 Å². The fraction of sp³-hybridized carbons (Fsp3) is 0.160. The van der Waals surface area contributed by atoms with Crippen molar-refractivity contribution >= 4 is 34.2 Å². The Morgan fingerprint density at radius 2 is 1.82 bits per heavy atom. The molecule has 1 amide bonds. The van der Waals surface area contributed by atoms with Crippen LogP contribution in [0.3, 0.4) is 0 Å². The van der Waals surface area contributed by atoms with Gasteiger partial charge < -0.3 is 19.6 Å². The number of carboxylic acid groups (broad SMARTS) is 1. The van der Waals surface area contributed by atoms with Gasteiger partial charge in [-0.2, -0.15) is 0 Å². The monoisotopic (exact) mass is 464 g/mol. The molecule has 4 rings (SSSR count). The Labute approximate surface area is 195 Å². The van der Waals surface area contributed by atoms with Crippen molar-refractivity contribution in [3.05, 3.63) is 83.3 Å². The van der Waals surface area contributed by atoms with Crippen molar-refractivity contribution in [1.82, 2.24) is 10.3 Å². The minimum absolute atomic E-state index is 0.0236. The number of nitrogens with zero attached hydrogens (tertiary/aromatic N) is 1. The lowest BCUT2D eigenvalue weighted by Crippen LogP contribution is -2.49. The van der Waals surface area contributed by atoms with Crippen LogP contribution >= 0.6 is 11.6 Å². The molecule has 0 fully saturated rings. The van der Waals surface area contributed by atoms with E-state index in [2.05, 4.69) is 10.3 Å². The summed E-state index contributed by atoms with van der Waals surface area (Å²) in [7, 11) is 0. The summed E-state index contributed by atoms with van der Waals surface area (Å²) >= 11 is 5.94. The summed E-state index contributed by atoms with van der Waals surface area (Å²) in [6, 6.07) is 18.0. The lowest BCUT2D eigenvalue weighted by molar-refractivity contribution is -0.143. The predicted molar refractivity (Wildman–Crippen MR) is 124 cm³/mol. The zero-order valence-corrected chi connectivity index (χ0v) is 18.7. The fourth-order valence-corrected chi connectivity index (χ4v) is 3.37. The molecule has 0 saturated heterocycles. The Kier molecular flexibility index (Phi) is 6.07. The van der Waals surface area contributed by atoms with E-state index in [0.29, 0.717) is 27.8 Å². The maximum absolute atomic E-state index is 13.0. The van der Waals surface area contributed by atoms with Crippen molar-refractivity contribution in [2.75, 3.05) is 0 Å². The van der Waals surface area contributed by atoms with Crippen LogP contribution in [0.5, 0.6) is 5.75 Å². The molecular formula is C25H21ClN2O5. The number of ether oxygens (including phenoxy) is 1. The van der Waals surface area contributed by atoms with Gasteiger partial charge in [0.15, 0.2) is 12.4 Å². The van der Waals surface area contributed by atoms with E-state index in [1.807, 2.05) is 36.4 Å². The Hall–Kier alpha value is -3.84. The number of aliphatic carboxylic acids is 1. The third-order valence-electron chi connectivity index (χ3n) is 5.11. The number of carbonyl (C=O) groups excluding carboxylic acids is 1. The number of nitrogens with one attached hydrogen (secondary N) is 1. The molecule has 0 bridgehead atoms. The van der Waals surface area contributed by atoms with Gasteiger partial charge in [-0.25, -0.2) is 9.78 Å². The fourth-order valence-electron chi connectivity index (χ4n) is 3.24. The summed E-state index contributed by atoms with van der Waals surface area (Å²) in [6.07, 6.45) is 1.59. The zero-order chi connectivity index (χ0) is 23.6. The highest BCUT2D eigenvalue weighted by Crippen LogP contribution is 2.31. The molecule has 168 valence electrons.